The minimum Gasteiger partial charge on any atom is -0.478 e. The molecular weight excluding hydrogens is 486 g/mol. The molecule has 33 heavy (non-hydrogen) atoms. The Kier molecular flexibility index (Phi) is 5.97. The summed E-state index contributed by atoms with van der Waals surface area (Å²) >= 11 is 3.57. The van der Waals surface area contributed by atoms with Crippen LogP contribution in [-0.4, -0.2) is 33.8 Å². The fourth-order valence-electron chi connectivity index (χ4n) is 4.68. The summed E-state index contributed by atoms with van der Waals surface area (Å²) in [5, 5.41) is 13.5. The SMILES string of the molecule is C[C@@H](Nc1ccccc1C(=O)O)c1cc(Br)cc2c(=O)n(C3CC3)c(C3CCOCC3)nc12. The number of aromatic carboxylic acids is 1. The third-order valence-electron chi connectivity index (χ3n) is 6.52. The molecule has 2 N–H and O–H groups in total. The van der Waals surface area contributed by atoms with Crippen molar-refractivity contribution in [3.63, 3.8) is 0 Å². The van der Waals surface area contributed by atoms with Crippen molar-refractivity contribution in [2.75, 3.05) is 18.5 Å². The zero-order valence-corrected chi connectivity index (χ0v) is 20.0. The van der Waals surface area contributed by atoms with Gasteiger partial charge in [-0.25, -0.2) is 9.78 Å². The van der Waals surface area contributed by atoms with Crippen LogP contribution in [0.15, 0.2) is 45.7 Å². The van der Waals surface area contributed by atoms with E-state index in [4.69, 9.17) is 9.72 Å². The zero-order chi connectivity index (χ0) is 23.1. The lowest BCUT2D eigenvalue weighted by molar-refractivity contribution is 0.0698. The molecule has 5 rings (SSSR count). The Hall–Kier alpha value is -2.71. The number of para-hydroxylation sites is 1. The summed E-state index contributed by atoms with van der Waals surface area (Å²) in [6.07, 6.45) is 3.73. The summed E-state index contributed by atoms with van der Waals surface area (Å²) in [5.74, 6) is 0.0700. The molecule has 8 heteroatoms. The molecule has 7 nitrogen and oxygen atoms in total. The number of hydrogen-bond donors (Lipinski definition) is 2. The minimum atomic E-state index is -0.989. The van der Waals surface area contributed by atoms with Gasteiger partial charge < -0.3 is 15.2 Å². The van der Waals surface area contributed by atoms with Crippen LogP contribution in [0.25, 0.3) is 10.9 Å². The van der Waals surface area contributed by atoms with Crippen molar-refractivity contribution in [2.45, 2.75) is 50.6 Å². The van der Waals surface area contributed by atoms with Crippen LogP contribution >= 0.6 is 15.9 Å². The van der Waals surface area contributed by atoms with Crippen LogP contribution in [0, 0.1) is 0 Å². The first kappa shape index (κ1) is 22.1. The molecule has 0 radical (unpaired) electrons. The lowest BCUT2D eigenvalue weighted by Gasteiger charge is -2.26. The van der Waals surface area contributed by atoms with Crippen molar-refractivity contribution < 1.29 is 14.6 Å². The summed E-state index contributed by atoms with van der Waals surface area (Å²) in [5.41, 5.74) is 2.27. The number of carboxylic acids is 1. The number of carbonyl (C=O) groups is 1. The Morgan fingerprint density at radius 2 is 1.94 bits per heavy atom. The van der Waals surface area contributed by atoms with Crippen LogP contribution in [0.4, 0.5) is 5.69 Å². The van der Waals surface area contributed by atoms with Crippen LogP contribution in [0.3, 0.4) is 0 Å². The molecule has 3 aromatic rings. The van der Waals surface area contributed by atoms with E-state index < -0.39 is 5.97 Å². The predicted octanol–water partition coefficient (Wildman–Crippen LogP) is 5.26. The molecule has 1 saturated heterocycles. The standard InChI is InChI=1S/C25H26BrN3O4/c1-14(27-21-5-3-2-4-18(21)25(31)32)19-12-16(26)13-20-22(19)28-23(15-8-10-33-11-9-15)29(24(20)30)17-6-7-17/h2-5,12-15,17,27H,6-11H2,1H3,(H,31,32)/t14-/m1/s1. The monoisotopic (exact) mass is 511 g/mol. The Balaban J connectivity index is 1.64. The summed E-state index contributed by atoms with van der Waals surface area (Å²) in [6.45, 7) is 3.32. The first-order valence-electron chi connectivity index (χ1n) is 11.4. The van der Waals surface area contributed by atoms with E-state index in [9.17, 15) is 14.7 Å². The summed E-state index contributed by atoms with van der Waals surface area (Å²) < 4.78 is 8.27. The van der Waals surface area contributed by atoms with Gasteiger partial charge in [-0.05, 0) is 56.9 Å². The van der Waals surface area contributed by atoms with Crippen molar-refractivity contribution in [1.82, 2.24) is 9.55 Å². The second kappa shape index (κ2) is 8.91. The number of anilines is 1. The lowest BCUT2D eigenvalue weighted by atomic mass is 9.97. The van der Waals surface area contributed by atoms with E-state index in [0.29, 0.717) is 29.8 Å². The molecule has 1 saturated carbocycles. The Morgan fingerprint density at radius 1 is 1.21 bits per heavy atom. The smallest absolute Gasteiger partial charge is 0.337 e. The van der Waals surface area contributed by atoms with Gasteiger partial charge in [0.15, 0.2) is 0 Å². The number of rotatable bonds is 6. The first-order chi connectivity index (χ1) is 15.9. The van der Waals surface area contributed by atoms with Gasteiger partial charge >= 0.3 is 5.97 Å². The normalized spacial score (nSPS) is 17.8. The number of carboxylic acid groups (broad SMARTS) is 1. The number of ether oxygens (including phenoxy) is 1. The molecule has 0 spiro atoms. The maximum absolute atomic E-state index is 13.7. The molecule has 1 aliphatic heterocycles. The number of hydrogen-bond acceptors (Lipinski definition) is 5. The van der Waals surface area contributed by atoms with E-state index >= 15 is 0 Å². The Labute approximate surface area is 199 Å². The van der Waals surface area contributed by atoms with Crippen molar-refractivity contribution in [3.8, 4) is 0 Å². The molecule has 2 aliphatic rings. The highest BCUT2D eigenvalue weighted by Gasteiger charge is 2.32. The van der Waals surface area contributed by atoms with Gasteiger partial charge in [0, 0.05) is 40.9 Å². The fraction of sp³-hybridized carbons (Fsp3) is 0.400. The van der Waals surface area contributed by atoms with Gasteiger partial charge in [-0.2, -0.15) is 0 Å². The highest BCUT2D eigenvalue weighted by atomic mass is 79.9. The quantitative estimate of drug-likeness (QED) is 0.468. The minimum absolute atomic E-state index is 0.00433. The second-order valence-corrected chi connectivity index (χ2v) is 9.79. The van der Waals surface area contributed by atoms with E-state index in [1.165, 1.54) is 0 Å². The third-order valence-corrected chi connectivity index (χ3v) is 6.98. The van der Waals surface area contributed by atoms with E-state index in [0.717, 1.165) is 41.5 Å². The van der Waals surface area contributed by atoms with Gasteiger partial charge in [0.05, 0.1) is 22.5 Å². The van der Waals surface area contributed by atoms with E-state index in [1.54, 1.807) is 24.3 Å². The molecule has 172 valence electrons. The van der Waals surface area contributed by atoms with Gasteiger partial charge in [0.1, 0.15) is 5.82 Å². The van der Waals surface area contributed by atoms with Gasteiger partial charge in [0.25, 0.3) is 5.56 Å². The lowest BCUT2D eigenvalue weighted by Crippen LogP contribution is -2.29. The molecule has 0 amide bonds. The molecule has 1 atom stereocenters. The molecule has 0 unspecified atom stereocenters. The molecule has 0 bridgehead atoms. The summed E-state index contributed by atoms with van der Waals surface area (Å²) in [7, 11) is 0. The maximum Gasteiger partial charge on any atom is 0.337 e. The highest BCUT2D eigenvalue weighted by molar-refractivity contribution is 9.10. The summed E-state index contributed by atoms with van der Waals surface area (Å²) in [4.78, 5) is 30.5. The largest absolute Gasteiger partial charge is 0.478 e. The molecule has 2 aromatic carbocycles. The highest BCUT2D eigenvalue weighted by Crippen LogP contribution is 2.39. The van der Waals surface area contributed by atoms with Crippen LogP contribution < -0.4 is 10.9 Å². The topological polar surface area (TPSA) is 93.5 Å². The van der Waals surface area contributed by atoms with Gasteiger partial charge in [-0.3, -0.25) is 9.36 Å². The number of nitrogens with zero attached hydrogens (tertiary/aromatic N) is 2. The molecule has 2 heterocycles. The molecule has 1 aliphatic carbocycles. The van der Waals surface area contributed by atoms with Gasteiger partial charge in [-0.15, -0.1) is 0 Å². The molecular formula is C25H26BrN3O4. The van der Waals surface area contributed by atoms with E-state index in [1.807, 2.05) is 23.6 Å². The molecule has 2 fully saturated rings. The maximum atomic E-state index is 13.7. The Morgan fingerprint density at radius 3 is 2.64 bits per heavy atom. The number of fused-ring (bicyclic) bond motifs is 1. The average molecular weight is 512 g/mol. The van der Waals surface area contributed by atoms with Crippen LogP contribution in [0.5, 0.6) is 0 Å². The van der Waals surface area contributed by atoms with Crippen LogP contribution in [0.2, 0.25) is 0 Å². The zero-order valence-electron chi connectivity index (χ0n) is 18.4. The van der Waals surface area contributed by atoms with Gasteiger partial charge in [0.2, 0.25) is 0 Å². The van der Waals surface area contributed by atoms with Crippen molar-refractivity contribution >= 4 is 38.5 Å². The van der Waals surface area contributed by atoms with Crippen LogP contribution in [0.1, 0.15) is 72.4 Å². The summed E-state index contributed by atoms with van der Waals surface area (Å²) in [6, 6.07) is 10.6. The number of benzene rings is 2. The third kappa shape index (κ3) is 4.29. The fourth-order valence-corrected chi connectivity index (χ4v) is 5.15. The van der Waals surface area contributed by atoms with Crippen molar-refractivity contribution in [2.24, 2.45) is 0 Å². The number of nitrogens with one attached hydrogen (secondary N) is 1. The number of aromatic nitrogens is 2. The predicted molar refractivity (Wildman–Crippen MR) is 130 cm³/mol. The molecule has 1 aromatic heterocycles. The van der Waals surface area contributed by atoms with Crippen molar-refractivity contribution in [3.05, 3.63) is 68.2 Å². The number of halogens is 1. The van der Waals surface area contributed by atoms with Gasteiger partial charge in [-0.1, -0.05) is 28.1 Å². The van der Waals surface area contributed by atoms with Crippen molar-refractivity contribution in [1.29, 1.82) is 0 Å². The van der Waals surface area contributed by atoms with E-state index in [-0.39, 0.29) is 29.1 Å². The average Bonchev–Trinajstić information content (AvgIpc) is 3.65. The van der Waals surface area contributed by atoms with E-state index in [2.05, 4.69) is 21.2 Å². The second-order valence-electron chi connectivity index (χ2n) is 8.87. The Bertz CT molecular complexity index is 1280. The first-order valence-corrected chi connectivity index (χ1v) is 12.2. The van der Waals surface area contributed by atoms with Crippen LogP contribution in [-0.2, 0) is 4.74 Å².